The van der Waals surface area contributed by atoms with Crippen LogP contribution in [0.5, 0.6) is 0 Å². The maximum Gasteiger partial charge on any atom is 0.306 e. The first-order valence-electron chi connectivity index (χ1n) is 21.8. The molecule has 0 saturated carbocycles. The van der Waals surface area contributed by atoms with Gasteiger partial charge in [-0.15, -0.1) is 0 Å². The maximum absolute atomic E-state index is 12.7. The summed E-state index contributed by atoms with van der Waals surface area (Å²) < 4.78 is 16.7. The number of hydrogen-bond donors (Lipinski definition) is 0. The van der Waals surface area contributed by atoms with Gasteiger partial charge in [-0.1, -0.05) is 195 Å². The molecule has 3 atom stereocenters. The van der Waals surface area contributed by atoms with Gasteiger partial charge >= 0.3 is 17.9 Å². The second-order valence-electron chi connectivity index (χ2n) is 15.5. The number of hydrogen-bond acceptors (Lipinski definition) is 6. The highest BCUT2D eigenvalue weighted by atomic mass is 16.6. The minimum absolute atomic E-state index is 0.0662. The first kappa shape index (κ1) is 48.4. The molecule has 6 heteroatoms. The van der Waals surface area contributed by atoms with Crippen LogP contribution in [0.3, 0.4) is 0 Å². The third-order valence-electron chi connectivity index (χ3n) is 10.4. The van der Waals surface area contributed by atoms with Gasteiger partial charge in [-0.05, 0) is 31.1 Å². The molecule has 0 aromatic carbocycles. The molecule has 0 saturated heterocycles. The zero-order valence-corrected chi connectivity index (χ0v) is 34.0. The molecule has 2 unspecified atom stereocenters. The van der Waals surface area contributed by atoms with Crippen molar-refractivity contribution < 1.29 is 28.6 Å². The highest BCUT2D eigenvalue weighted by molar-refractivity contribution is 5.71. The predicted molar refractivity (Wildman–Crippen MR) is 210 cm³/mol. The first-order valence-corrected chi connectivity index (χ1v) is 21.8. The summed E-state index contributed by atoms with van der Waals surface area (Å²) in [6, 6.07) is 0. The van der Waals surface area contributed by atoms with E-state index in [9.17, 15) is 14.4 Å². The van der Waals surface area contributed by atoms with Crippen molar-refractivity contribution in [2.75, 3.05) is 13.2 Å². The van der Waals surface area contributed by atoms with E-state index in [1.807, 2.05) is 0 Å². The molecular weight excluding hydrogens is 624 g/mol. The lowest BCUT2D eigenvalue weighted by atomic mass is 9.99. The molecule has 0 fully saturated rings. The van der Waals surface area contributed by atoms with E-state index in [0.717, 1.165) is 69.6 Å². The molecule has 0 aliphatic rings. The minimum atomic E-state index is -0.760. The highest BCUT2D eigenvalue weighted by Crippen LogP contribution is 2.17. The second-order valence-corrected chi connectivity index (χ2v) is 15.5. The van der Waals surface area contributed by atoms with E-state index in [0.29, 0.717) is 19.3 Å². The standard InChI is InChI=1S/C44H84O6/c1-6-9-10-11-12-13-14-18-24-29-34-42(45)48-37-41(38-49-43(46)35-30-25-21-20-23-28-33-40(5)8-3)50-44(47)36-31-26-19-16-15-17-22-27-32-39(4)7-2/h39-41H,6-38H2,1-5H3/t39?,40?,41-/m0/s1. The number of carbonyl (C=O) groups excluding carboxylic acids is 3. The molecule has 50 heavy (non-hydrogen) atoms. The molecule has 0 spiro atoms. The van der Waals surface area contributed by atoms with Crippen LogP contribution in [0.2, 0.25) is 0 Å². The summed E-state index contributed by atoms with van der Waals surface area (Å²) in [5.41, 5.74) is 0. The van der Waals surface area contributed by atoms with Gasteiger partial charge in [-0.25, -0.2) is 0 Å². The molecular formula is C44H84O6. The van der Waals surface area contributed by atoms with E-state index in [1.165, 1.54) is 122 Å². The first-order chi connectivity index (χ1) is 24.3. The Morgan fingerprint density at radius 3 is 1.04 bits per heavy atom. The van der Waals surface area contributed by atoms with E-state index in [2.05, 4.69) is 34.6 Å². The van der Waals surface area contributed by atoms with Gasteiger partial charge in [-0.3, -0.25) is 14.4 Å². The average molecular weight is 709 g/mol. The van der Waals surface area contributed by atoms with Gasteiger partial charge in [0, 0.05) is 19.3 Å². The number of unbranched alkanes of at least 4 members (excludes halogenated alkanes) is 21. The van der Waals surface area contributed by atoms with Gasteiger partial charge in [0.15, 0.2) is 6.10 Å². The van der Waals surface area contributed by atoms with Crippen molar-refractivity contribution in [1.82, 2.24) is 0 Å². The topological polar surface area (TPSA) is 78.9 Å². The fourth-order valence-corrected chi connectivity index (χ4v) is 6.33. The van der Waals surface area contributed by atoms with Crippen molar-refractivity contribution >= 4 is 17.9 Å². The Balaban J connectivity index is 4.37. The van der Waals surface area contributed by atoms with Crippen LogP contribution in [-0.2, 0) is 28.6 Å². The van der Waals surface area contributed by atoms with Crippen molar-refractivity contribution in [2.45, 2.75) is 240 Å². The number of rotatable bonds is 38. The summed E-state index contributed by atoms with van der Waals surface area (Å²) >= 11 is 0. The molecule has 6 nitrogen and oxygen atoms in total. The van der Waals surface area contributed by atoms with Gasteiger partial charge in [0.2, 0.25) is 0 Å². The van der Waals surface area contributed by atoms with E-state index < -0.39 is 6.10 Å². The third-order valence-corrected chi connectivity index (χ3v) is 10.4. The van der Waals surface area contributed by atoms with Crippen molar-refractivity contribution in [1.29, 1.82) is 0 Å². The largest absolute Gasteiger partial charge is 0.462 e. The molecule has 0 aromatic heterocycles. The number of carbonyl (C=O) groups is 3. The minimum Gasteiger partial charge on any atom is -0.462 e. The summed E-state index contributed by atoms with van der Waals surface area (Å²) in [4.78, 5) is 37.6. The zero-order chi connectivity index (χ0) is 36.9. The summed E-state index contributed by atoms with van der Waals surface area (Å²) in [5, 5.41) is 0. The summed E-state index contributed by atoms with van der Waals surface area (Å²) in [6.45, 7) is 11.3. The fourth-order valence-electron chi connectivity index (χ4n) is 6.33. The molecule has 0 radical (unpaired) electrons. The van der Waals surface area contributed by atoms with E-state index in [-0.39, 0.29) is 31.1 Å². The SMILES string of the molecule is CCCCCCCCCCCCC(=O)OC[C@@H](COC(=O)CCCCCCCCC(C)CC)OC(=O)CCCCCCCCCCC(C)CC. The third kappa shape index (κ3) is 34.8. The molecule has 0 heterocycles. The molecule has 0 amide bonds. The Morgan fingerprint density at radius 1 is 0.400 bits per heavy atom. The Kier molecular flexibility index (Phi) is 36.0. The van der Waals surface area contributed by atoms with E-state index in [1.54, 1.807) is 0 Å². The van der Waals surface area contributed by atoms with Crippen molar-refractivity contribution in [2.24, 2.45) is 11.8 Å². The van der Waals surface area contributed by atoms with Crippen LogP contribution in [0.4, 0.5) is 0 Å². The molecule has 0 bridgehead atoms. The molecule has 0 aliphatic carbocycles. The van der Waals surface area contributed by atoms with Crippen LogP contribution >= 0.6 is 0 Å². The summed E-state index contributed by atoms with van der Waals surface area (Å²) in [5.74, 6) is 0.793. The van der Waals surface area contributed by atoms with Gasteiger partial charge in [0.25, 0.3) is 0 Å². The molecule has 0 rings (SSSR count). The lowest BCUT2D eigenvalue weighted by Crippen LogP contribution is -2.30. The van der Waals surface area contributed by atoms with Crippen LogP contribution in [0.25, 0.3) is 0 Å². The number of esters is 3. The molecule has 0 N–H and O–H groups in total. The summed E-state index contributed by atoms with van der Waals surface area (Å²) in [7, 11) is 0. The van der Waals surface area contributed by atoms with E-state index >= 15 is 0 Å². The van der Waals surface area contributed by atoms with E-state index in [4.69, 9.17) is 14.2 Å². The Morgan fingerprint density at radius 2 is 0.700 bits per heavy atom. The van der Waals surface area contributed by atoms with Crippen LogP contribution < -0.4 is 0 Å². The fraction of sp³-hybridized carbons (Fsp3) is 0.932. The zero-order valence-electron chi connectivity index (χ0n) is 34.0. The van der Waals surface area contributed by atoms with Crippen molar-refractivity contribution in [3.8, 4) is 0 Å². The van der Waals surface area contributed by atoms with Gasteiger partial charge in [-0.2, -0.15) is 0 Å². The van der Waals surface area contributed by atoms with Crippen molar-refractivity contribution in [3.05, 3.63) is 0 Å². The second kappa shape index (κ2) is 37.2. The average Bonchev–Trinajstić information content (AvgIpc) is 3.11. The maximum atomic E-state index is 12.7. The lowest BCUT2D eigenvalue weighted by molar-refractivity contribution is -0.167. The highest BCUT2D eigenvalue weighted by Gasteiger charge is 2.19. The molecule has 0 aromatic rings. The molecule has 0 aliphatic heterocycles. The van der Waals surface area contributed by atoms with Gasteiger partial charge in [0.1, 0.15) is 13.2 Å². The van der Waals surface area contributed by atoms with Crippen LogP contribution in [-0.4, -0.2) is 37.2 Å². The Labute approximate surface area is 310 Å². The monoisotopic (exact) mass is 709 g/mol. The quantitative estimate of drug-likeness (QED) is 0.0361. The Hall–Kier alpha value is -1.59. The Bertz CT molecular complexity index is 768. The number of ether oxygens (including phenoxy) is 3. The van der Waals surface area contributed by atoms with Crippen molar-refractivity contribution in [3.63, 3.8) is 0 Å². The van der Waals surface area contributed by atoms with Crippen LogP contribution in [0.15, 0.2) is 0 Å². The normalized spacial score (nSPS) is 13.1. The van der Waals surface area contributed by atoms with Gasteiger partial charge in [0.05, 0.1) is 0 Å². The van der Waals surface area contributed by atoms with Crippen LogP contribution in [0, 0.1) is 11.8 Å². The van der Waals surface area contributed by atoms with Gasteiger partial charge < -0.3 is 14.2 Å². The summed E-state index contributed by atoms with van der Waals surface area (Å²) in [6.07, 6.45) is 33.7. The van der Waals surface area contributed by atoms with Crippen LogP contribution in [0.1, 0.15) is 234 Å². The lowest BCUT2D eigenvalue weighted by Gasteiger charge is -2.18. The molecule has 296 valence electrons. The predicted octanol–water partition coefficient (Wildman–Crippen LogP) is 13.4. The smallest absolute Gasteiger partial charge is 0.306 e.